The van der Waals surface area contributed by atoms with Crippen LogP contribution in [-0.4, -0.2) is 64.8 Å². The third-order valence-electron chi connectivity index (χ3n) is 5.21. The lowest BCUT2D eigenvalue weighted by Gasteiger charge is -2.27. The second kappa shape index (κ2) is 8.08. The van der Waals surface area contributed by atoms with Gasteiger partial charge in [0.05, 0.1) is 22.3 Å². The van der Waals surface area contributed by atoms with Gasteiger partial charge in [-0.1, -0.05) is 30.3 Å². The van der Waals surface area contributed by atoms with Crippen LogP contribution in [-0.2, 0) is 7.05 Å². The minimum Gasteiger partial charge on any atom is -0.351 e. The number of nitrogens with one attached hydrogen (secondary N) is 2. The summed E-state index contributed by atoms with van der Waals surface area (Å²) in [6, 6.07) is 11.8. The smallest absolute Gasteiger partial charge is 0.252 e. The number of aryl methyl sites for hydroxylation is 2. The molecule has 3 heterocycles. The molecule has 7 nitrogen and oxygen atoms in total. The normalized spacial score (nSPS) is 15.1. The Labute approximate surface area is 164 Å². The zero-order valence-corrected chi connectivity index (χ0v) is 16.4. The standard InChI is InChI=1S/C21H26N6O/c1-15-19-17(21(28)23-10-13-27-11-8-22-9-12-27)14-18(16-6-4-3-5-7-16)24-20(19)26(2)25-15/h3-7,14,22H,8-13H2,1-2H3,(H,23,28). The highest BCUT2D eigenvalue weighted by atomic mass is 16.1. The van der Waals surface area contributed by atoms with Crippen LogP contribution in [0.5, 0.6) is 0 Å². The van der Waals surface area contributed by atoms with Gasteiger partial charge in [0, 0.05) is 51.9 Å². The van der Waals surface area contributed by atoms with E-state index < -0.39 is 0 Å². The molecule has 2 N–H and O–H groups in total. The third-order valence-corrected chi connectivity index (χ3v) is 5.21. The summed E-state index contributed by atoms with van der Waals surface area (Å²) in [5, 5.41) is 11.7. The Morgan fingerprint density at radius 2 is 1.96 bits per heavy atom. The number of rotatable bonds is 5. The first-order valence-electron chi connectivity index (χ1n) is 9.74. The number of piperazine rings is 1. The topological polar surface area (TPSA) is 75.1 Å². The molecule has 7 heteroatoms. The predicted molar refractivity (Wildman–Crippen MR) is 110 cm³/mol. The van der Waals surface area contributed by atoms with Crippen LogP contribution in [0.25, 0.3) is 22.3 Å². The van der Waals surface area contributed by atoms with Gasteiger partial charge in [-0.05, 0) is 13.0 Å². The second-order valence-electron chi connectivity index (χ2n) is 7.18. The molecule has 0 atom stereocenters. The number of carbonyl (C=O) groups is 1. The first-order chi connectivity index (χ1) is 13.6. The summed E-state index contributed by atoms with van der Waals surface area (Å²) in [6.07, 6.45) is 0. The summed E-state index contributed by atoms with van der Waals surface area (Å²) in [5.41, 5.74) is 3.94. The zero-order valence-electron chi connectivity index (χ0n) is 16.4. The van der Waals surface area contributed by atoms with Gasteiger partial charge in [0.1, 0.15) is 0 Å². The van der Waals surface area contributed by atoms with Gasteiger partial charge in [-0.15, -0.1) is 0 Å². The van der Waals surface area contributed by atoms with Gasteiger partial charge in [0.2, 0.25) is 0 Å². The molecular formula is C21H26N6O. The lowest BCUT2D eigenvalue weighted by atomic mass is 10.0. The highest BCUT2D eigenvalue weighted by molar-refractivity contribution is 6.07. The van der Waals surface area contributed by atoms with Crippen LogP contribution in [0, 0.1) is 6.92 Å². The molecule has 0 saturated carbocycles. The van der Waals surface area contributed by atoms with Gasteiger partial charge in [0.25, 0.3) is 5.91 Å². The Kier molecular flexibility index (Phi) is 5.36. The number of benzene rings is 1. The number of nitrogens with zero attached hydrogens (tertiary/aromatic N) is 4. The molecule has 0 radical (unpaired) electrons. The van der Waals surface area contributed by atoms with E-state index in [0.717, 1.165) is 60.7 Å². The molecule has 146 valence electrons. The fourth-order valence-corrected chi connectivity index (χ4v) is 3.74. The van der Waals surface area contributed by atoms with Gasteiger partial charge < -0.3 is 10.6 Å². The molecule has 0 unspecified atom stereocenters. The SMILES string of the molecule is Cc1nn(C)c2nc(-c3ccccc3)cc(C(=O)NCCN3CCNCC3)c12. The lowest BCUT2D eigenvalue weighted by Crippen LogP contribution is -2.46. The number of aromatic nitrogens is 3. The van der Waals surface area contributed by atoms with Crippen LogP contribution in [0.1, 0.15) is 16.1 Å². The van der Waals surface area contributed by atoms with Crippen LogP contribution >= 0.6 is 0 Å². The molecule has 1 fully saturated rings. The molecule has 1 saturated heterocycles. The number of hydrogen-bond donors (Lipinski definition) is 2. The van der Waals surface area contributed by atoms with Crippen molar-refractivity contribution >= 4 is 16.9 Å². The average Bonchev–Trinajstić information content (AvgIpc) is 3.02. The summed E-state index contributed by atoms with van der Waals surface area (Å²) < 4.78 is 1.74. The molecule has 0 bridgehead atoms. The molecule has 3 aromatic rings. The zero-order chi connectivity index (χ0) is 19.5. The van der Waals surface area contributed by atoms with E-state index in [2.05, 4.69) is 20.6 Å². The fraction of sp³-hybridized carbons (Fsp3) is 0.381. The number of amides is 1. The maximum Gasteiger partial charge on any atom is 0.252 e. The number of hydrogen-bond acceptors (Lipinski definition) is 5. The molecule has 1 aliphatic heterocycles. The first-order valence-corrected chi connectivity index (χ1v) is 9.74. The largest absolute Gasteiger partial charge is 0.351 e. The summed E-state index contributed by atoms with van der Waals surface area (Å²) in [6.45, 7) is 7.47. The van der Waals surface area contributed by atoms with Crippen molar-refractivity contribution in [3.8, 4) is 11.3 Å². The van der Waals surface area contributed by atoms with Crippen LogP contribution in [0.15, 0.2) is 36.4 Å². The summed E-state index contributed by atoms with van der Waals surface area (Å²) in [5.74, 6) is -0.0733. The van der Waals surface area contributed by atoms with Crippen LogP contribution in [0.3, 0.4) is 0 Å². The number of carbonyl (C=O) groups excluding carboxylic acids is 1. The molecule has 2 aromatic heterocycles. The molecule has 0 aliphatic carbocycles. The second-order valence-corrected chi connectivity index (χ2v) is 7.18. The molecular weight excluding hydrogens is 352 g/mol. The molecule has 1 amide bonds. The van der Waals surface area contributed by atoms with Crippen molar-refractivity contribution in [1.82, 2.24) is 30.3 Å². The monoisotopic (exact) mass is 378 g/mol. The highest BCUT2D eigenvalue weighted by Gasteiger charge is 2.19. The van der Waals surface area contributed by atoms with Gasteiger partial charge in [-0.2, -0.15) is 5.10 Å². The Morgan fingerprint density at radius 1 is 1.21 bits per heavy atom. The van der Waals surface area contributed by atoms with Crippen LogP contribution in [0.4, 0.5) is 0 Å². The third kappa shape index (κ3) is 3.76. The highest BCUT2D eigenvalue weighted by Crippen LogP contribution is 2.26. The van der Waals surface area contributed by atoms with Gasteiger partial charge in [0.15, 0.2) is 5.65 Å². The molecule has 0 spiro atoms. The van der Waals surface area contributed by atoms with Crippen molar-refractivity contribution in [2.24, 2.45) is 7.05 Å². The summed E-state index contributed by atoms with van der Waals surface area (Å²) in [7, 11) is 1.86. The minimum absolute atomic E-state index is 0.0733. The lowest BCUT2D eigenvalue weighted by molar-refractivity contribution is 0.0949. The molecule has 4 rings (SSSR count). The minimum atomic E-state index is -0.0733. The Bertz CT molecular complexity index is 975. The van der Waals surface area contributed by atoms with Crippen molar-refractivity contribution in [2.45, 2.75) is 6.92 Å². The quantitative estimate of drug-likeness (QED) is 0.705. The number of fused-ring (bicyclic) bond motifs is 1. The first kappa shape index (κ1) is 18.6. The van der Waals surface area contributed by atoms with Crippen LogP contribution in [0.2, 0.25) is 0 Å². The van der Waals surface area contributed by atoms with E-state index in [4.69, 9.17) is 4.98 Å². The van der Waals surface area contributed by atoms with E-state index in [9.17, 15) is 4.79 Å². The Balaban J connectivity index is 1.61. The Hall–Kier alpha value is -2.77. The van der Waals surface area contributed by atoms with Crippen LogP contribution < -0.4 is 10.6 Å². The van der Waals surface area contributed by atoms with Crippen molar-refractivity contribution in [3.05, 3.63) is 47.7 Å². The van der Waals surface area contributed by atoms with Gasteiger partial charge in [-0.3, -0.25) is 14.4 Å². The maximum atomic E-state index is 13.0. The van der Waals surface area contributed by atoms with Crippen molar-refractivity contribution in [3.63, 3.8) is 0 Å². The fourth-order valence-electron chi connectivity index (χ4n) is 3.74. The van der Waals surface area contributed by atoms with E-state index >= 15 is 0 Å². The number of pyridine rings is 1. The average molecular weight is 378 g/mol. The molecule has 1 aromatic carbocycles. The van der Waals surface area contributed by atoms with E-state index in [-0.39, 0.29) is 5.91 Å². The van der Waals surface area contributed by atoms with E-state index in [1.54, 1.807) is 4.68 Å². The van der Waals surface area contributed by atoms with Gasteiger partial charge >= 0.3 is 0 Å². The summed E-state index contributed by atoms with van der Waals surface area (Å²) >= 11 is 0. The predicted octanol–water partition coefficient (Wildman–Crippen LogP) is 1.58. The van der Waals surface area contributed by atoms with E-state index in [0.29, 0.717) is 12.1 Å². The van der Waals surface area contributed by atoms with Crippen molar-refractivity contribution < 1.29 is 4.79 Å². The van der Waals surface area contributed by atoms with Crippen molar-refractivity contribution in [2.75, 3.05) is 39.3 Å². The molecule has 28 heavy (non-hydrogen) atoms. The van der Waals surface area contributed by atoms with Crippen molar-refractivity contribution in [1.29, 1.82) is 0 Å². The van der Waals surface area contributed by atoms with E-state index in [1.165, 1.54) is 0 Å². The van der Waals surface area contributed by atoms with Gasteiger partial charge in [-0.25, -0.2) is 4.98 Å². The summed E-state index contributed by atoms with van der Waals surface area (Å²) in [4.78, 5) is 20.2. The Morgan fingerprint density at radius 3 is 2.71 bits per heavy atom. The van der Waals surface area contributed by atoms with E-state index in [1.807, 2.05) is 50.4 Å². The molecule has 1 aliphatic rings. The maximum absolute atomic E-state index is 13.0.